The first-order valence-corrected chi connectivity index (χ1v) is 7.73. The summed E-state index contributed by atoms with van der Waals surface area (Å²) in [5, 5.41) is 5.94. The number of nitrogens with two attached hydrogens (primary N) is 1. The van der Waals surface area contributed by atoms with Crippen molar-refractivity contribution < 1.29 is 0 Å². The van der Waals surface area contributed by atoms with Gasteiger partial charge in [-0.25, -0.2) is 4.68 Å². The predicted octanol–water partition coefficient (Wildman–Crippen LogP) is 3.18. The summed E-state index contributed by atoms with van der Waals surface area (Å²) in [6, 6.07) is 10.3. The minimum absolute atomic E-state index is 0.668. The van der Waals surface area contributed by atoms with Crippen LogP contribution in [0, 0.1) is 6.92 Å². The van der Waals surface area contributed by atoms with Crippen LogP contribution in [0.5, 0.6) is 0 Å². The highest BCUT2D eigenvalue weighted by molar-refractivity contribution is 7.99. The number of aryl methyl sites for hydroxylation is 1. The lowest BCUT2D eigenvalue weighted by atomic mass is 10.2. The Morgan fingerprint density at radius 1 is 1.26 bits per heavy atom. The Bertz CT molecular complexity index is 520. The van der Waals surface area contributed by atoms with Crippen LogP contribution in [0.25, 0.3) is 5.69 Å². The van der Waals surface area contributed by atoms with Crippen molar-refractivity contribution in [1.29, 1.82) is 0 Å². The molecule has 1 heterocycles. The summed E-state index contributed by atoms with van der Waals surface area (Å²) < 4.78 is 2.06. The van der Waals surface area contributed by atoms with Gasteiger partial charge < -0.3 is 5.73 Å². The van der Waals surface area contributed by atoms with Crippen LogP contribution in [0.1, 0.15) is 24.6 Å². The molecule has 0 saturated heterocycles. The fourth-order valence-electron chi connectivity index (χ4n) is 2.06. The molecule has 0 aliphatic rings. The van der Waals surface area contributed by atoms with Gasteiger partial charge in [0.15, 0.2) is 0 Å². The van der Waals surface area contributed by atoms with Crippen molar-refractivity contribution >= 4 is 11.8 Å². The maximum atomic E-state index is 5.73. The van der Waals surface area contributed by atoms with Crippen molar-refractivity contribution in [3.05, 3.63) is 41.6 Å². The summed E-state index contributed by atoms with van der Waals surface area (Å²) >= 11 is 1.87. The van der Waals surface area contributed by atoms with Crippen molar-refractivity contribution in [2.45, 2.75) is 31.7 Å². The van der Waals surface area contributed by atoms with Crippen molar-refractivity contribution in [3.63, 3.8) is 0 Å². The van der Waals surface area contributed by atoms with Crippen LogP contribution in [0.4, 0.5) is 0 Å². The van der Waals surface area contributed by atoms with E-state index in [9.17, 15) is 0 Å². The first kappa shape index (κ1) is 14.2. The Morgan fingerprint density at radius 2 is 2.00 bits per heavy atom. The Labute approximate surface area is 119 Å². The molecule has 1 aromatic heterocycles. The zero-order valence-electron chi connectivity index (χ0n) is 11.6. The van der Waals surface area contributed by atoms with Crippen LogP contribution in [0.15, 0.2) is 35.4 Å². The molecule has 0 aliphatic heterocycles. The lowest BCUT2D eigenvalue weighted by molar-refractivity contribution is 0.786. The molecule has 0 atom stereocenters. The second-order valence-electron chi connectivity index (χ2n) is 4.50. The second-order valence-corrected chi connectivity index (χ2v) is 5.59. The summed E-state index contributed by atoms with van der Waals surface area (Å²) in [5.41, 5.74) is 9.23. The van der Waals surface area contributed by atoms with E-state index >= 15 is 0 Å². The molecule has 0 unspecified atom stereocenters. The Kier molecular flexibility index (Phi) is 5.05. The van der Waals surface area contributed by atoms with Gasteiger partial charge in [0.1, 0.15) is 5.03 Å². The topological polar surface area (TPSA) is 43.8 Å². The molecule has 1 aromatic carbocycles. The summed E-state index contributed by atoms with van der Waals surface area (Å²) in [7, 11) is 0. The third-order valence-electron chi connectivity index (χ3n) is 2.98. The molecule has 0 bridgehead atoms. The third-order valence-corrected chi connectivity index (χ3v) is 4.28. The van der Waals surface area contributed by atoms with Crippen LogP contribution in [-0.2, 0) is 6.42 Å². The van der Waals surface area contributed by atoms with Crippen LogP contribution in [0.3, 0.4) is 0 Å². The maximum Gasteiger partial charge on any atom is 0.103 e. The standard InChI is InChI=1S/C15H21N3S/c1-3-11-19-15-14(9-10-16)12(2)17-18(15)13-7-5-4-6-8-13/h4-8H,3,9-11,16H2,1-2H3. The SMILES string of the molecule is CCCSc1c(CCN)c(C)nn1-c1ccccc1. The van der Waals surface area contributed by atoms with Gasteiger partial charge in [0.2, 0.25) is 0 Å². The van der Waals surface area contributed by atoms with Crippen molar-refractivity contribution in [2.24, 2.45) is 5.73 Å². The van der Waals surface area contributed by atoms with E-state index in [-0.39, 0.29) is 0 Å². The van der Waals surface area contributed by atoms with Crippen molar-refractivity contribution in [3.8, 4) is 5.69 Å². The molecule has 0 fully saturated rings. The molecule has 102 valence electrons. The molecule has 0 amide bonds. The molecule has 2 N–H and O–H groups in total. The fraction of sp³-hybridized carbons (Fsp3) is 0.400. The molecule has 19 heavy (non-hydrogen) atoms. The average Bonchev–Trinajstić information content (AvgIpc) is 2.75. The molecular formula is C15H21N3S. The molecule has 4 heteroatoms. The molecule has 0 spiro atoms. The van der Waals surface area contributed by atoms with E-state index in [1.165, 1.54) is 10.6 Å². The van der Waals surface area contributed by atoms with Gasteiger partial charge in [0, 0.05) is 5.56 Å². The summed E-state index contributed by atoms with van der Waals surface area (Å²) in [6.45, 7) is 4.94. The van der Waals surface area contributed by atoms with Crippen molar-refractivity contribution in [1.82, 2.24) is 9.78 Å². The molecule has 0 aliphatic carbocycles. The van der Waals surface area contributed by atoms with E-state index in [1.807, 2.05) is 30.0 Å². The highest BCUT2D eigenvalue weighted by atomic mass is 32.2. The van der Waals surface area contributed by atoms with Crippen molar-refractivity contribution in [2.75, 3.05) is 12.3 Å². The first-order valence-electron chi connectivity index (χ1n) is 6.74. The van der Waals surface area contributed by atoms with Crippen LogP contribution < -0.4 is 5.73 Å². The summed E-state index contributed by atoms with van der Waals surface area (Å²) in [6.07, 6.45) is 2.05. The number of rotatable bonds is 6. The largest absolute Gasteiger partial charge is 0.330 e. The van der Waals surface area contributed by atoms with E-state index in [1.54, 1.807) is 0 Å². The minimum Gasteiger partial charge on any atom is -0.330 e. The number of hydrogen-bond donors (Lipinski definition) is 1. The van der Waals surface area contributed by atoms with Gasteiger partial charge in [-0.15, -0.1) is 11.8 Å². The zero-order chi connectivity index (χ0) is 13.7. The molecular weight excluding hydrogens is 254 g/mol. The number of hydrogen-bond acceptors (Lipinski definition) is 3. The smallest absolute Gasteiger partial charge is 0.103 e. The Hall–Kier alpha value is -1.26. The number of nitrogens with zero attached hydrogens (tertiary/aromatic N) is 2. The van der Waals surface area contributed by atoms with Gasteiger partial charge in [-0.05, 0) is 44.2 Å². The minimum atomic E-state index is 0.668. The fourth-order valence-corrected chi connectivity index (χ4v) is 3.15. The first-order chi connectivity index (χ1) is 9.27. The lowest BCUT2D eigenvalue weighted by Crippen LogP contribution is -2.05. The molecule has 2 aromatic rings. The average molecular weight is 275 g/mol. The van der Waals surface area contributed by atoms with E-state index in [0.717, 1.165) is 30.0 Å². The quantitative estimate of drug-likeness (QED) is 0.823. The van der Waals surface area contributed by atoms with Crippen LogP contribution >= 0.6 is 11.8 Å². The monoisotopic (exact) mass is 275 g/mol. The number of benzene rings is 1. The Morgan fingerprint density at radius 3 is 2.63 bits per heavy atom. The molecule has 2 rings (SSSR count). The van der Waals surface area contributed by atoms with Gasteiger partial charge in [-0.1, -0.05) is 25.1 Å². The summed E-state index contributed by atoms with van der Waals surface area (Å²) in [5.74, 6) is 1.11. The highest BCUT2D eigenvalue weighted by Crippen LogP contribution is 2.29. The summed E-state index contributed by atoms with van der Waals surface area (Å²) in [4.78, 5) is 0. The second kappa shape index (κ2) is 6.78. The van der Waals surface area contributed by atoms with Gasteiger partial charge in [0.25, 0.3) is 0 Å². The zero-order valence-corrected chi connectivity index (χ0v) is 12.4. The van der Waals surface area contributed by atoms with Gasteiger partial charge in [-0.2, -0.15) is 5.10 Å². The van der Waals surface area contributed by atoms with Gasteiger partial charge >= 0.3 is 0 Å². The molecule has 0 radical (unpaired) electrons. The highest BCUT2D eigenvalue weighted by Gasteiger charge is 2.15. The number of aromatic nitrogens is 2. The van der Waals surface area contributed by atoms with Crippen LogP contribution in [0.2, 0.25) is 0 Å². The van der Waals surface area contributed by atoms with Gasteiger partial charge in [-0.3, -0.25) is 0 Å². The molecule has 3 nitrogen and oxygen atoms in total. The van der Waals surface area contributed by atoms with E-state index < -0.39 is 0 Å². The van der Waals surface area contributed by atoms with E-state index in [2.05, 4.69) is 30.7 Å². The maximum absolute atomic E-state index is 5.73. The Balaban J connectivity index is 2.44. The number of para-hydroxylation sites is 1. The van der Waals surface area contributed by atoms with E-state index in [0.29, 0.717) is 6.54 Å². The lowest BCUT2D eigenvalue weighted by Gasteiger charge is -2.08. The third kappa shape index (κ3) is 3.19. The molecule has 0 saturated carbocycles. The normalized spacial score (nSPS) is 10.9. The predicted molar refractivity (Wildman–Crippen MR) is 82.1 cm³/mol. The van der Waals surface area contributed by atoms with Crippen LogP contribution in [-0.4, -0.2) is 22.1 Å². The number of thioether (sulfide) groups is 1. The van der Waals surface area contributed by atoms with Gasteiger partial charge in [0.05, 0.1) is 11.4 Å². The van der Waals surface area contributed by atoms with E-state index in [4.69, 9.17) is 10.8 Å².